The molecule has 1 aliphatic rings. The van der Waals surface area contributed by atoms with E-state index in [1.54, 1.807) is 42.8 Å². The van der Waals surface area contributed by atoms with Gasteiger partial charge in [0.1, 0.15) is 16.7 Å². The Morgan fingerprint density at radius 2 is 1.14 bits per heavy atom. The first-order valence-electron chi connectivity index (χ1n) is 17.4. The average Bonchev–Trinajstić information content (AvgIpc) is 3.32. The van der Waals surface area contributed by atoms with Gasteiger partial charge in [-0.05, 0) is 84.4 Å². The number of nitrogens with one attached hydrogen (secondary N) is 2. The summed E-state index contributed by atoms with van der Waals surface area (Å²) in [7, 11) is -0.529. The van der Waals surface area contributed by atoms with Gasteiger partial charge in [0, 0.05) is 52.7 Å². The molecular formula is C38H44BCl3N6O8S2. The van der Waals surface area contributed by atoms with Crippen molar-refractivity contribution in [1.29, 1.82) is 0 Å². The summed E-state index contributed by atoms with van der Waals surface area (Å²) in [6.07, 6.45) is 3.55. The highest BCUT2D eigenvalue weighted by atomic mass is 35.5. The third-order valence-corrected chi connectivity index (χ3v) is 10.5. The number of hydrogen-bond acceptors (Lipinski definition) is 12. The van der Waals surface area contributed by atoms with Gasteiger partial charge in [0.25, 0.3) is 11.1 Å². The predicted octanol–water partition coefficient (Wildman–Crippen LogP) is 6.64. The zero-order chi connectivity index (χ0) is 43.7. The number of carbonyl (C=O) groups is 4. The van der Waals surface area contributed by atoms with Crippen LogP contribution in [-0.4, -0.2) is 73.3 Å². The van der Waals surface area contributed by atoms with Crippen molar-refractivity contribution in [3.63, 3.8) is 0 Å². The molecule has 1 saturated heterocycles. The highest BCUT2D eigenvalue weighted by Gasteiger charge is 2.52. The van der Waals surface area contributed by atoms with Crippen LogP contribution in [0.3, 0.4) is 0 Å². The van der Waals surface area contributed by atoms with Crippen LogP contribution in [-0.2, 0) is 41.6 Å². The standard InChI is InChI=1S/C16H16ClN3O3S.C14H19BClNO3.C8H9ClN2O2S/c1-9(21)8-20-15(23)7-14(19-16(20)24-3)12-5-4-11(17)6-13(12)18-10(2)22;1-9(18)17-12-8-10(16)6-7-11(12)15-19-13(2,3)14(4,5)20-15;1-5(12)4-11-7(13)3-6(9)10-8(11)14-2/h4-7H,8H2,1-3H3,(H,18,22);6-8H,1-5H3,(H,17,18);3H,4H2,1-2H3. The predicted molar refractivity (Wildman–Crippen MR) is 233 cm³/mol. The fourth-order valence-corrected chi connectivity index (χ4v) is 6.86. The number of hydrogen-bond donors (Lipinski definition) is 2. The van der Waals surface area contributed by atoms with E-state index in [0.717, 1.165) is 5.46 Å². The number of carbonyl (C=O) groups excluding carboxylic acids is 4. The highest BCUT2D eigenvalue weighted by molar-refractivity contribution is 7.98. The lowest BCUT2D eigenvalue weighted by Crippen LogP contribution is -2.41. The van der Waals surface area contributed by atoms with Crippen LogP contribution in [0.5, 0.6) is 0 Å². The van der Waals surface area contributed by atoms with Crippen molar-refractivity contribution in [3.05, 3.63) is 84.4 Å². The van der Waals surface area contributed by atoms with Gasteiger partial charge in [-0.3, -0.25) is 37.9 Å². The van der Waals surface area contributed by atoms with Crippen molar-refractivity contribution >= 4 is 106 Å². The fraction of sp³-hybridized carbons (Fsp3) is 0.368. The number of aromatic nitrogens is 4. The lowest BCUT2D eigenvalue weighted by molar-refractivity contribution is -0.118. The number of thioether (sulfide) groups is 2. The quantitative estimate of drug-likeness (QED) is 0.0752. The van der Waals surface area contributed by atoms with Gasteiger partial charge in [0.15, 0.2) is 10.3 Å². The third-order valence-electron chi connectivity index (χ3n) is 8.44. The van der Waals surface area contributed by atoms with E-state index in [0.29, 0.717) is 43.0 Å². The SMILES string of the molecule is CC(=O)Nc1cc(Cl)ccc1B1OC(C)(C)C(C)(C)O1.CSc1nc(-c2ccc(Cl)cc2NC(C)=O)cc(=O)n1CC(C)=O.CSc1nc(Cl)cc(=O)n1CC(C)=O. The molecule has 2 aromatic heterocycles. The number of anilines is 2. The molecule has 5 rings (SSSR count). The molecule has 2 N–H and O–H groups in total. The molecular weight excluding hydrogens is 850 g/mol. The maximum atomic E-state index is 12.4. The molecule has 2 aromatic carbocycles. The second-order valence-electron chi connectivity index (χ2n) is 13.8. The Labute approximate surface area is 360 Å². The Morgan fingerprint density at radius 1 is 0.690 bits per heavy atom. The van der Waals surface area contributed by atoms with Gasteiger partial charge in [-0.2, -0.15) is 0 Å². The summed E-state index contributed by atoms with van der Waals surface area (Å²) in [4.78, 5) is 77.1. The lowest BCUT2D eigenvalue weighted by Gasteiger charge is -2.32. The first-order valence-corrected chi connectivity index (χ1v) is 21.0. The Balaban J connectivity index is 0.000000241. The fourth-order valence-electron chi connectivity index (χ4n) is 5.16. The van der Waals surface area contributed by atoms with E-state index in [2.05, 4.69) is 20.6 Å². The van der Waals surface area contributed by atoms with Crippen molar-refractivity contribution in [3.8, 4) is 11.3 Å². The van der Waals surface area contributed by atoms with Crippen LogP contribution >= 0.6 is 58.3 Å². The topological polar surface area (TPSA) is 181 Å². The van der Waals surface area contributed by atoms with Crippen LogP contribution in [0.2, 0.25) is 15.2 Å². The molecule has 14 nitrogen and oxygen atoms in total. The van der Waals surface area contributed by atoms with Crippen LogP contribution in [0.4, 0.5) is 11.4 Å². The van der Waals surface area contributed by atoms with Crippen LogP contribution in [0.1, 0.15) is 55.4 Å². The minimum Gasteiger partial charge on any atom is -0.399 e. The molecule has 20 heteroatoms. The van der Waals surface area contributed by atoms with Gasteiger partial charge in [0.2, 0.25) is 11.8 Å². The van der Waals surface area contributed by atoms with E-state index in [1.165, 1.54) is 72.5 Å². The van der Waals surface area contributed by atoms with E-state index >= 15 is 0 Å². The highest BCUT2D eigenvalue weighted by Crippen LogP contribution is 2.37. The van der Waals surface area contributed by atoms with Crippen molar-refractivity contribution in [2.24, 2.45) is 0 Å². The third kappa shape index (κ3) is 13.3. The summed E-state index contributed by atoms with van der Waals surface area (Å²) in [5.41, 5.74) is 1.36. The van der Waals surface area contributed by atoms with Gasteiger partial charge < -0.3 is 19.9 Å². The number of ketones is 2. The number of benzene rings is 2. The normalized spacial score (nSPS) is 13.7. The van der Waals surface area contributed by atoms with E-state index in [9.17, 15) is 28.8 Å². The molecule has 0 spiro atoms. The molecule has 1 fully saturated rings. The number of amides is 2. The van der Waals surface area contributed by atoms with Crippen molar-refractivity contribution in [2.45, 2.75) is 90.0 Å². The van der Waals surface area contributed by atoms with Crippen molar-refractivity contribution in [2.75, 3.05) is 23.1 Å². The second kappa shape index (κ2) is 20.8. The summed E-state index contributed by atoms with van der Waals surface area (Å²) < 4.78 is 14.6. The van der Waals surface area contributed by atoms with Gasteiger partial charge in [-0.15, -0.1) is 0 Å². The van der Waals surface area contributed by atoms with Gasteiger partial charge in [-0.1, -0.05) is 64.4 Å². The van der Waals surface area contributed by atoms with Gasteiger partial charge >= 0.3 is 7.12 Å². The molecule has 0 saturated carbocycles. The van der Waals surface area contributed by atoms with E-state index < -0.39 is 18.3 Å². The monoisotopic (exact) mass is 892 g/mol. The zero-order valence-electron chi connectivity index (χ0n) is 33.6. The Kier molecular flexibility index (Phi) is 17.4. The molecule has 0 unspecified atom stereocenters. The van der Waals surface area contributed by atoms with E-state index in [1.807, 2.05) is 33.8 Å². The Hall–Kier alpha value is -3.97. The molecule has 0 aliphatic carbocycles. The smallest absolute Gasteiger partial charge is 0.399 e. The van der Waals surface area contributed by atoms with Crippen LogP contribution in [0.15, 0.2) is 68.4 Å². The molecule has 3 heterocycles. The number of nitrogens with zero attached hydrogens (tertiary/aromatic N) is 4. The zero-order valence-corrected chi connectivity index (χ0v) is 37.5. The Bertz CT molecular complexity index is 2310. The first kappa shape index (κ1) is 48.4. The van der Waals surface area contributed by atoms with Crippen LogP contribution in [0.25, 0.3) is 11.3 Å². The van der Waals surface area contributed by atoms with Gasteiger partial charge in [0.05, 0.1) is 35.7 Å². The number of halogens is 3. The minimum atomic E-state index is -0.529. The molecule has 0 atom stereocenters. The summed E-state index contributed by atoms with van der Waals surface area (Å²) in [6, 6.07) is 12.8. The number of rotatable bonds is 10. The van der Waals surface area contributed by atoms with Gasteiger partial charge in [-0.25, -0.2) is 9.97 Å². The summed E-state index contributed by atoms with van der Waals surface area (Å²) in [5.74, 6) is -0.641. The van der Waals surface area contributed by atoms with Crippen LogP contribution < -0.4 is 27.2 Å². The summed E-state index contributed by atoms with van der Waals surface area (Å²) in [6.45, 7) is 13.6. The lowest BCUT2D eigenvalue weighted by atomic mass is 9.78. The van der Waals surface area contributed by atoms with Crippen molar-refractivity contribution in [1.82, 2.24) is 19.1 Å². The molecule has 4 aromatic rings. The maximum absolute atomic E-state index is 12.4. The Morgan fingerprint density at radius 3 is 1.62 bits per heavy atom. The van der Waals surface area contributed by atoms with E-state index in [-0.39, 0.29) is 52.7 Å². The largest absolute Gasteiger partial charge is 0.496 e. The van der Waals surface area contributed by atoms with Crippen LogP contribution in [0, 0.1) is 0 Å². The first-order chi connectivity index (χ1) is 27.0. The summed E-state index contributed by atoms with van der Waals surface area (Å²) in [5, 5.41) is 7.49. The molecule has 0 bridgehead atoms. The van der Waals surface area contributed by atoms with Crippen molar-refractivity contribution < 1.29 is 28.5 Å². The molecule has 2 amide bonds. The minimum absolute atomic E-state index is 0.0263. The van der Waals surface area contributed by atoms with E-state index in [4.69, 9.17) is 44.1 Å². The summed E-state index contributed by atoms with van der Waals surface area (Å²) >= 11 is 20.1. The molecule has 310 valence electrons. The second-order valence-corrected chi connectivity index (χ2v) is 16.6. The molecule has 0 radical (unpaired) electrons. The molecule has 1 aliphatic heterocycles. The maximum Gasteiger partial charge on any atom is 0.496 e. The molecule has 58 heavy (non-hydrogen) atoms. The number of Topliss-reactive ketones (excluding diaryl/α,β-unsaturated/α-hetero) is 2. The average molecular weight is 894 g/mol.